The minimum absolute atomic E-state index is 0.161. The topological polar surface area (TPSA) is 101 Å². The highest BCUT2D eigenvalue weighted by molar-refractivity contribution is 7.89. The van der Waals surface area contributed by atoms with Gasteiger partial charge in [-0.1, -0.05) is 13.0 Å². The normalized spacial score (nSPS) is 17.9. The largest absolute Gasteiger partial charge is 0.352 e. The molecule has 1 atom stereocenters. The van der Waals surface area contributed by atoms with Crippen LogP contribution in [0.5, 0.6) is 0 Å². The Hall–Kier alpha value is -2.19. The molecule has 1 aromatic carbocycles. The van der Waals surface area contributed by atoms with Crippen LogP contribution in [0.1, 0.15) is 55.8 Å². The van der Waals surface area contributed by atoms with Crippen LogP contribution in [-0.4, -0.2) is 31.0 Å². The summed E-state index contributed by atoms with van der Waals surface area (Å²) in [5.74, 6) is 2.11. The van der Waals surface area contributed by atoms with Crippen molar-refractivity contribution in [1.82, 2.24) is 9.97 Å². The van der Waals surface area contributed by atoms with E-state index in [-0.39, 0.29) is 4.90 Å². The number of anilines is 2. The van der Waals surface area contributed by atoms with E-state index in [2.05, 4.69) is 30.1 Å². The molecule has 3 N–H and O–H groups in total. The van der Waals surface area contributed by atoms with Gasteiger partial charge < -0.3 is 10.2 Å². The molecule has 1 aliphatic carbocycles. The van der Waals surface area contributed by atoms with Gasteiger partial charge in [-0.3, -0.25) is 0 Å². The summed E-state index contributed by atoms with van der Waals surface area (Å²) in [6.07, 6.45) is 4.20. The number of nitrogens with two attached hydrogens (primary N) is 1. The lowest BCUT2D eigenvalue weighted by molar-refractivity contribution is 0.597. The molecule has 2 aromatic rings. The van der Waals surface area contributed by atoms with Crippen LogP contribution in [0.4, 0.5) is 11.8 Å². The maximum Gasteiger partial charge on any atom is 0.238 e. The quantitative estimate of drug-likeness (QED) is 0.772. The van der Waals surface area contributed by atoms with Crippen LogP contribution in [0.15, 0.2) is 29.2 Å². The molecular weight excluding hydrogens is 374 g/mol. The van der Waals surface area contributed by atoms with Gasteiger partial charge in [0.15, 0.2) is 0 Å². The van der Waals surface area contributed by atoms with Crippen molar-refractivity contribution in [2.45, 2.75) is 62.9 Å². The number of hydrogen-bond acceptors (Lipinski definition) is 6. The standard InChI is InChI=1S/C20H27N5O2S/c1-3-13(2)22-20-23-18(15-4-5-15)11-19(24-20)25-9-8-14-6-7-17(28(21,26)27)10-16(14)12-25/h6-7,10-11,13,15H,3-5,8-9,12H2,1-2H3,(H2,21,26,27)(H,22,23,24)/t13-/m0/s1. The predicted octanol–water partition coefficient (Wildman–Crippen LogP) is 2.77. The minimum Gasteiger partial charge on any atom is -0.352 e. The molecule has 0 spiro atoms. The van der Waals surface area contributed by atoms with E-state index >= 15 is 0 Å². The third-order valence-electron chi connectivity index (χ3n) is 5.56. The number of nitrogens with zero attached hydrogens (tertiary/aromatic N) is 3. The number of hydrogen-bond donors (Lipinski definition) is 2. The average Bonchev–Trinajstić information content (AvgIpc) is 3.51. The second-order valence-electron chi connectivity index (χ2n) is 7.85. The number of aromatic nitrogens is 2. The Bertz CT molecular complexity index is 988. The Morgan fingerprint density at radius 3 is 2.71 bits per heavy atom. The van der Waals surface area contributed by atoms with Crippen molar-refractivity contribution < 1.29 is 8.42 Å². The summed E-state index contributed by atoms with van der Waals surface area (Å²) >= 11 is 0. The predicted molar refractivity (Wildman–Crippen MR) is 110 cm³/mol. The van der Waals surface area contributed by atoms with Gasteiger partial charge in [-0.05, 0) is 55.9 Å². The molecule has 28 heavy (non-hydrogen) atoms. The maximum atomic E-state index is 11.7. The number of rotatable bonds is 6. The van der Waals surface area contributed by atoms with Gasteiger partial charge in [0, 0.05) is 31.1 Å². The van der Waals surface area contributed by atoms with Crippen LogP contribution >= 0.6 is 0 Å². The van der Waals surface area contributed by atoms with Crippen molar-refractivity contribution in [3.05, 3.63) is 41.1 Å². The van der Waals surface area contributed by atoms with Gasteiger partial charge in [0.25, 0.3) is 0 Å². The van der Waals surface area contributed by atoms with Gasteiger partial charge in [0.2, 0.25) is 16.0 Å². The van der Waals surface area contributed by atoms with Gasteiger partial charge in [-0.15, -0.1) is 0 Å². The zero-order valence-electron chi connectivity index (χ0n) is 16.4. The van der Waals surface area contributed by atoms with Gasteiger partial charge in [0.05, 0.1) is 10.6 Å². The Labute approximate surface area is 166 Å². The van der Waals surface area contributed by atoms with E-state index in [0.29, 0.717) is 24.5 Å². The van der Waals surface area contributed by atoms with Crippen molar-refractivity contribution in [2.75, 3.05) is 16.8 Å². The van der Waals surface area contributed by atoms with Crippen molar-refractivity contribution in [3.8, 4) is 0 Å². The van der Waals surface area contributed by atoms with Crippen LogP contribution in [0, 0.1) is 0 Å². The van der Waals surface area contributed by atoms with E-state index in [1.807, 2.05) is 6.07 Å². The first kappa shape index (κ1) is 19.1. The molecule has 0 unspecified atom stereocenters. The number of sulfonamides is 1. The fraction of sp³-hybridized carbons (Fsp3) is 0.500. The Morgan fingerprint density at radius 1 is 1.25 bits per heavy atom. The lowest BCUT2D eigenvalue weighted by Gasteiger charge is -2.30. The van der Waals surface area contributed by atoms with Crippen LogP contribution < -0.4 is 15.4 Å². The highest BCUT2D eigenvalue weighted by Crippen LogP contribution is 2.40. The highest BCUT2D eigenvalue weighted by Gasteiger charge is 2.28. The molecule has 0 amide bonds. The summed E-state index contributed by atoms with van der Waals surface area (Å²) in [5.41, 5.74) is 3.25. The van der Waals surface area contributed by atoms with Crippen LogP contribution in [0.25, 0.3) is 0 Å². The van der Waals surface area contributed by atoms with Gasteiger partial charge in [-0.25, -0.2) is 18.5 Å². The van der Waals surface area contributed by atoms with Crippen LogP contribution in [0.3, 0.4) is 0 Å². The third kappa shape index (κ3) is 4.12. The van der Waals surface area contributed by atoms with E-state index in [1.54, 1.807) is 12.1 Å². The Balaban J connectivity index is 1.64. The summed E-state index contributed by atoms with van der Waals surface area (Å²) < 4.78 is 23.4. The molecule has 0 bridgehead atoms. The minimum atomic E-state index is -3.71. The van der Waals surface area contributed by atoms with Crippen LogP contribution in [0.2, 0.25) is 0 Å². The highest BCUT2D eigenvalue weighted by atomic mass is 32.2. The molecule has 0 saturated heterocycles. The van der Waals surface area contributed by atoms with E-state index in [0.717, 1.165) is 42.0 Å². The van der Waals surface area contributed by atoms with Gasteiger partial charge in [0.1, 0.15) is 5.82 Å². The lowest BCUT2D eigenvalue weighted by atomic mass is 10.00. The fourth-order valence-corrected chi connectivity index (χ4v) is 4.06. The number of primary sulfonamides is 1. The molecule has 1 fully saturated rings. The molecule has 1 aliphatic heterocycles. The molecule has 7 nitrogen and oxygen atoms in total. The van der Waals surface area contributed by atoms with E-state index in [1.165, 1.54) is 12.8 Å². The first-order valence-electron chi connectivity index (χ1n) is 9.88. The molecule has 4 rings (SSSR count). The first-order valence-corrected chi connectivity index (χ1v) is 11.4. The Kier molecular flexibility index (Phi) is 5.01. The van der Waals surface area contributed by atoms with E-state index < -0.39 is 10.0 Å². The summed E-state index contributed by atoms with van der Waals surface area (Å²) in [4.78, 5) is 11.8. The van der Waals surface area contributed by atoms with E-state index in [9.17, 15) is 8.42 Å². The lowest BCUT2D eigenvalue weighted by Crippen LogP contribution is -2.32. The molecule has 1 saturated carbocycles. The second kappa shape index (κ2) is 7.33. The second-order valence-corrected chi connectivity index (χ2v) is 9.41. The monoisotopic (exact) mass is 401 g/mol. The zero-order chi connectivity index (χ0) is 19.9. The molecule has 2 heterocycles. The third-order valence-corrected chi connectivity index (χ3v) is 6.47. The first-order chi connectivity index (χ1) is 13.3. The van der Waals surface area contributed by atoms with Crippen molar-refractivity contribution in [2.24, 2.45) is 5.14 Å². The summed E-state index contributed by atoms with van der Waals surface area (Å²) in [7, 11) is -3.71. The number of benzene rings is 1. The van der Waals surface area contributed by atoms with E-state index in [4.69, 9.17) is 15.1 Å². The summed E-state index contributed by atoms with van der Waals surface area (Å²) in [6.45, 7) is 5.71. The summed E-state index contributed by atoms with van der Waals surface area (Å²) in [5, 5.41) is 8.70. The molecular formula is C20H27N5O2S. The molecule has 2 aliphatic rings. The van der Waals surface area contributed by atoms with Gasteiger partial charge >= 0.3 is 0 Å². The number of nitrogens with one attached hydrogen (secondary N) is 1. The van der Waals surface area contributed by atoms with Crippen molar-refractivity contribution in [3.63, 3.8) is 0 Å². The SMILES string of the molecule is CC[C@H](C)Nc1nc(C2CC2)cc(N2CCc3ccc(S(N)(=O)=O)cc3C2)n1. The van der Waals surface area contributed by atoms with Crippen molar-refractivity contribution in [1.29, 1.82) is 0 Å². The molecule has 150 valence electrons. The molecule has 8 heteroatoms. The van der Waals surface area contributed by atoms with Crippen molar-refractivity contribution >= 4 is 21.8 Å². The summed E-state index contributed by atoms with van der Waals surface area (Å²) in [6, 6.07) is 7.56. The average molecular weight is 402 g/mol. The van der Waals surface area contributed by atoms with Gasteiger partial charge in [-0.2, -0.15) is 4.98 Å². The zero-order valence-corrected chi connectivity index (χ0v) is 17.2. The molecule has 0 radical (unpaired) electrons. The van der Waals surface area contributed by atoms with Crippen LogP contribution in [-0.2, 0) is 23.0 Å². The fourth-order valence-electron chi connectivity index (χ4n) is 3.50. The Morgan fingerprint density at radius 2 is 2.04 bits per heavy atom. The molecule has 1 aromatic heterocycles. The smallest absolute Gasteiger partial charge is 0.238 e. The number of fused-ring (bicyclic) bond motifs is 1. The maximum absolute atomic E-state index is 11.7.